The summed E-state index contributed by atoms with van der Waals surface area (Å²) in [5.41, 5.74) is 0. The first kappa shape index (κ1) is 8.09. The number of aliphatic imine (C=N–C) groups is 1. The molecule has 2 aliphatic rings. The van der Waals surface area contributed by atoms with Crippen molar-refractivity contribution in [1.29, 1.82) is 0 Å². The summed E-state index contributed by atoms with van der Waals surface area (Å²) < 4.78 is 0. The van der Waals surface area contributed by atoms with Crippen LogP contribution in [-0.4, -0.2) is 30.4 Å². The van der Waals surface area contributed by atoms with Gasteiger partial charge in [-0.3, -0.25) is 4.99 Å². The second kappa shape index (κ2) is 3.92. The van der Waals surface area contributed by atoms with Crippen LogP contribution in [0.15, 0.2) is 4.99 Å². The molecule has 0 unspecified atom stereocenters. The summed E-state index contributed by atoms with van der Waals surface area (Å²) in [6.07, 6.45) is 8.23. The SMILES string of the molecule is C1CCCC2=NCCN2CCC1. The van der Waals surface area contributed by atoms with Crippen LogP contribution in [0.3, 0.4) is 0 Å². The first-order valence-corrected chi connectivity index (χ1v) is 5.25. The number of fused-ring (bicyclic) bond motifs is 1. The molecule has 0 N–H and O–H groups in total. The van der Waals surface area contributed by atoms with E-state index in [9.17, 15) is 0 Å². The van der Waals surface area contributed by atoms with Gasteiger partial charge in [0.05, 0.1) is 12.4 Å². The largest absolute Gasteiger partial charge is 0.359 e. The van der Waals surface area contributed by atoms with E-state index >= 15 is 0 Å². The van der Waals surface area contributed by atoms with Gasteiger partial charge in [-0.2, -0.15) is 0 Å². The Labute approximate surface area is 74.7 Å². The van der Waals surface area contributed by atoms with E-state index in [-0.39, 0.29) is 0 Å². The van der Waals surface area contributed by atoms with Gasteiger partial charge < -0.3 is 4.90 Å². The number of hydrogen-bond donors (Lipinski definition) is 0. The summed E-state index contributed by atoms with van der Waals surface area (Å²) in [5.74, 6) is 1.40. The third-order valence-corrected chi connectivity index (χ3v) is 2.86. The lowest BCUT2D eigenvalue weighted by Gasteiger charge is -2.18. The molecule has 2 heteroatoms. The molecule has 0 bridgehead atoms. The molecule has 2 nitrogen and oxygen atoms in total. The predicted octanol–water partition coefficient (Wildman–Crippen LogP) is 2.05. The highest BCUT2D eigenvalue weighted by Crippen LogP contribution is 2.15. The minimum Gasteiger partial charge on any atom is -0.359 e. The quantitative estimate of drug-likeness (QED) is 0.538. The summed E-state index contributed by atoms with van der Waals surface area (Å²) in [5, 5.41) is 0. The summed E-state index contributed by atoms with van der Waals surface area (Å²) in [7, 11) is 0. The maximum atomic E-state index is 4.54. The Balaban J connectivity index is 1.94. The maximum absolute atomic E-state index is 4.54. The van der Waals surface area contributed by atoms with Gasteiger partial charge >= 0.3 is 0 Å². The zero-order valence-corrected chi connectivity index (χ0v) is 7.76. The lowest BCUT2D eigenvalue weighted by atomic mass is 10.1. The first-order valence-electron chi connectivity index (χ1n) is 5.25. The lowest BCUT2D eigenvalue weighted by molar-refractivity contribution is 0.435. The van der Waals surface area contributed by atoms with Crippen molar-refractivity contribution < 1.29 is 0 Å². The van der Waals surface area contributed by atoms with Crippen LogP contribution >= 0.6 is 0 Å². The predicted molar refractivity (Wildman–Crippen MR) is 51.6 cm³/mol. The molecule has 1 saturated heterocycles. The first-order chi connectivity index (χ1) is 5.97. The second-order valence-electron chi connectivity index (χ2n) is 3.80. The van der Waals surface area contributed by atoms with Gasteiger partial charge in [-0.05, 0) is 12.8 Å². The second-order valence-corrected chi connectivity index (χ2v) is 3.80. The van der Waals surface area contributed by atoms with E-state index in [1.165, 1.54) is 57.5 Å². The number of rotatable bonds is 0. The Hall–Kier alpha value is -0.530. The molecular formula is C10H18N2. The molecule has 2 aliphatic heterocycles. The summed E-state index contributed by atoms with van der Waals surface area (Å²) in [6.45, 7) is 3.50. The standard InChI is InChI=1S/C10H18N2/c1-2-4-6-10-11-7-9-12(10)8-5-3-1/h1-9H2. The van der Waals surface area contributed by atoms with Crippen LogP contribution in [0.4, 0.5) is 0 Å². The smallest absolute Gasteiger partial charge is 0.0990 e. The average Bonchev–Trinajstić information content (AvgIpc) is 2.50. The highest BCUT2D eigenvalue weighted by Gasteiger charge is 2.16. The molecule has 0 aromatic carbocycles. The van der Waals surface area contributed by atoms with E-state index in [1.807, 2.05) is 0 Å². The molecule has 68 valence electrons. The van der Waals surface area contributed by atoms with Crippen molar-refractivity contribution in [2.75, 3.05) is 19.6 Å². The Kier molecular flexibility index (Phi) is 2.64. The molecule has 2 rings (SSSR count). The normalized spacial score (nSPS) is 25.3. The zero-order valence-electron chi connectivity index (χ0n) is 7.76. The third-order valence-electron chi connectivity index (χ3n) is 2.86. The Bertz CT molecular complexity index is 175. The van der Waals surface area contributed by atoms with Gasteiger partial charge in [-0.25, -0.2) is 0 Å². The molecule has 1 fully saturated rings. The minimum absolute atomic E-state index is 1.05. The molecule has 0 saturated carbocycles. The van der Waals surface area contributed by atoms with Crippen molar-refractivity contribution in [2.45, 2.75) is 38.5 Å². The van der Waals surface area contributed by atoms with Gasteiger partial charge in [0.2, 0.25) is 0 Å². The number of hydrogen-bond acceptors (Lipinski definition) is 2. The van der Waals surface area contributed by atoms with Crippen molar-refractivity contribution in [3.8, 4) is 0 Å². The van der Waals surface area contributed by atoms with Gasteiger partial charge in [0, 0.05) is 19.5 Å². The van der Waals surface area contributed by atoms with Gasteiger partial charge in [0.25, 0.3) is 0 Å². The molecule has 0 amide bonds. The molecule has 0 spiro atoms. The molecule has 0 aliphatic carbocycles. The van der Waals surface area contributed by atoms with Crippen molar-refractivity contribution in [3.63, 3.8) is 0 Å². The van der Waals surface area contributed by atoms with Gasteiger partial charge in [-0.1, -0.05) is 19.3 Å². The van der Waals surface area contributed by atoms with Crippen LogP contribution in [0.2, 0.25) is 0 Å². The van der Waals surface area contributed by atoms with E-state index in [0.717, 1.165) is 6.54 Å². The molecule has 0 aromatic heterocycles. The average molecular weight is 166 g/mol. The number of amidine groups is 1. The van der Waals surface area contributed by atoms with Crippen LogP contribution in [0.25, 0.3) is 0 Å². The molecule has 0 aromatic rings. The topological polar surface area (TPSA) is 15.6 Å². The van der Waals surface area contributed by atoms with Crippen molar-refractivity contribution >= 4 is 5.84 Å². The van der Waals surface area contributed by atoms with E-state index in [4.69, 9.17) is 0 Å². The van der Waals surface area contributed by atoms with Crippen LogP contribution in [0.1, 0.15) is 38.5 Å². The molecule has 2 heterocycles. The van der Waals surface area contributed by atoms with E-state index < -0.39 is 0 Å². The van der Waals surface area contributed by atoms with Gasteiger partial charge in [0.15, 0.2) is 0 Å². The van der Waals surface area contributed by atoms with Gasteiger partial charge in [-0.15, -0.1) is 0 Å². The summed E-state index contributed by atoms with van der Waals surface area (Å²) in [6, 6.07) is 0. The van der Waals surface area contributed by atoms with Crippen LogP contribution in [0, 0.1) is 0 Å². The maximum Gasteiger partial charge on any atom is 0.0990 e. The van der Waals surface area contributed by atoms with Crippen molar-refractivity contribution in [2.24, 2.45) is 4.99 Å². The van der Waals surface area contributed by atoms with E-state index in [2.05, 4.69) is 9.89 Å². The monoisotopic (exact) mass is 166 g/mol. The Morgan fingerprint density at radius 1 is 0.917 bits per heavy atom. The lowest BCUT2D eigenvalue weighted by Crippen LogP contribution is -2.28. The Morgan fingerprint density at radius 3 is 2.75 bits per heavy atom. The molecule has 0 atom stereocenters. The van der Waals surface area contributed by atoms with Crippen molar-refractivity contribution in [3.05, 3.63) is 0 Å². The third kappa shape index (κ3) is 1.79. The number of nitrogens with zero attached hydrogens (tertiary/aromatic N) is 2. The summed E-state index contributed by atoms with van der Waals surface area (Å²) in [4.78, 5) is 7.04. The van der Waals surface area contributed by atoms with Crippen molar-refractivity contribution in [1.82, 2.24) is 4.90 Å². The molecular weight excluding hydrogens is 148 g/mol. The van der Waals surface area contributed by atoms with Crippen LogP contribution < -0.4 is 0 Å². The minimum atomic E-state index is 1.05. The Morgan fingerprint density at radius 2 is 1.75 bits per heavy atom. The summed E-state index contributed by atoms with van der Waals surface area (Å²) >= 11 is 0. The van der Waals surface area contributed by atoms with E-state index in [1.54, 1.807) is 0 Å². The fourth-order valence-electron chi connectivity index (χ4n) is 2.12. The van der Waals surface area contributed by atoms with Crippen LogP contribution in [-0.2, 0) is 0 Å². The van der Waals surface area contributed by atoms with Crippen LogP contribution in [0.5, 0.6) is 0 Å². The van der Waals surface area contributed by atoms with E-state index in [0.29, 0.717) is 0 Å². The fraction of sp³-hybridized carbons (Fsp3) is 0.900. The highest BCUT2D eigenvalue weighted by molar-refractivity contribution is 5.83. The zero-order chi connectivity index (χ0) is 8.23. The fourth-order valence-corrected chi connectivity index (χ4v) is 2.12. The molecule has 12 heavy (non-hydrogen) atoms. The van der Waals surface area contributed by atoms with Gasteiger partial charge in [0.1, 0.15) is 0 Å². The highest BCUT2D eigenvalue weighted by atomic mass is 15.2. The molecule has 0 radical (unpaired) electrons.